The minimum Gasteiger partial charge on any atom is -0.496 e. The molecule has 0 N–H and O–H groups in total. The standard InChI is InChI=1S/C15H18N6O2S/c1-3-4-9-21-13(16-19-20-21)10-24-15-18-17-14(23-15)11-7-5-6-8-12(11)22-2/h5-8H,3-4,9-10H2,1-2H3. The van der Waals surface area contributed by atoms with Crippen molar-refractivity contribution in [2.24, 2.45) is 0 Å². The number of rotatable bonds is 8. The van der Waals surface area contributed by atoms with Crippen LogP contribution in [0.5, 0.6) is 5.75 Å². The minimum absolute atomic E-state index is 0.431. The Morgan fingerprint density at radius 1 is 1.21 bits per heavy atom. The molecule has 0 unspecified atom stereocenters. The van der Waals surface area contributed by atoms with Crippen LogP contribution >= 0.6 is 11.8 Å². The molecule has 0 amide bonds. The highest BCUT2D eigenvalue weighted by atomic mass is 32.2. The van der Waals surface area contributed by atoms with Crippen LogP contribution in [0.15, 0.2) is 33.9 Å². The number of tetrazole rings is 1. The summed E-state index contributed by atoms with van der Waals surface area (Å²) in [6, 6.07) is 7.53. The molecular weight excluding hydrogens is 328 g/mol. The van der Waals surface area contributed by atoms with E-state index in [0.29, 0.717) is 22.6 Å². The lowest BCUT2D eigenvalue weighted by molar-refractivity contribution is 0.411. The Hall–Kier alpha value is -2.42. The molecule has 0 saturated heterocycles. The van der Waals surface area contributed by atoms with Crippen LogP contribution < -0.4 is 4.74 Å². The van der Waals surface area contributed by atoms with Crippen molar-refractivity contribution < 1.29 is 9.15 Å². The Labute approximate surface area is 143 Å². The van der Waals surface area contributed by atoms with Gasteiger partial charge in [-0.25, -0.2) is 4.68 Å². The fourth-order valence-electron chi connectivity index (χ4n) is 2.13. The maximum atomic E-state index is 5.71. The van der Waals surface area contributed by atoms with E-state index in [2.05, 4.69) is 32.6 Å². The number of unbranched alkanes of at least 4 members (excludes halogenated alkanes) is 1. The third-order valence-electron chi connectivity index (χ3n) is 3.40. The van der Waals surface area contributed by atoms with Gasteiger partial charge in [0, 0.05) is 6.54 Å². The molecule has 126 valence electrons. The normalized spacial score (nSPS) is 10.9. The van der Waals surface area contributed by atoms with Crippen LogP contribution in [0.3, 0.4) is 0 Å². The smallest absolute Gasteiger partial charge is 0.277 e. The molecule has 1 aromatic carbocycles. The Kier molecular flexibility index (Phi) is 5.42. The van der Waals surface area contributed by atoms with Gasteiger partial charge in [-0.2, -0.15) is 0 Å². The molecule has 24 heavy (non-hydrogen) atoms. The number of thioether (sulfide) groups is 1. The Balaban J connectivity index is 1.68. The second-order valence-corrected chi connectivity index (χ2v) is 5.96. The number of aryl methyl sites for hydroxylation is 1. The third-order valence-corrected chi connectivity index (χ3v) is 4.21. The fraction of sp³-hybridized carbons (Fsp3) is 0.400. The Morgan fingerprint density at radius 2 is 2.08 bits per heavy atom. The number of nitrogens with zero attached hydrogens (tertiary/aromatic N) is 6. The zero-order valence-electron chi connectivity index (χ0n) is 13.5. The molecule has 3 aromatic rings. The zero-order valence-corrected chi connectivity index (χ0v) is 14.4. The number of ether oxygens (including phenoxy) is 1. The third kappa shape index (κ3) is 3.73. The van der Waals surface area contributed by atoms with E-state index < -0.39 is 0 Å². The van der Waals surface area contributed by atoms with E-state index in [0.717, 1.165) is 30.8 Å². The summed E-state index contributed by atoms with van der Waals surface area (Å²) in [5.41, 5.74) is 0.770. The summed E-state index contributed by atoms with van der Waals surface area (Å²) < 4.78 is 12.8. The van der Waals surface area contributed by atoms with Crippen molar-refractivity contribution in [1.82, 2.24) is 30.4 Å². The lowest BCUT2D eigenvalue weighted by atomic mass is 10.2. The first-order valence-corrected chi connectivity index (χ1v) is 8.65. The van der Waals surface area contributed by atoms with E-state index in [-0.39, 0.29) is 0 Å². The fourth-order valence-corrected chi connectivity index (χ4v) is 2.83. The summed E-state index contributed by atoms with van der Waals surface area (Å²) in [5, 5.41) is 20.4. The lowest BCUT2D eigenvalue weighted by Crippen LogP contribution is -2.04. The molecule has 0 atom stereocenters. The molecule has 0 aliphatic heterocycles. The van der Waals surface area contributed by atoms with Crippen molar-refractivity contribution in [1.29, 1.82) is 0 Å². The topological polar surface area (TPSA) is 91.8 Å². The SMILES string of the molecule is CCCCn1nnnc1CSc1nnc(-c2ccccc2OC)o1. The van der Waals surface area contributed by atoms with Crippen molar-refractivity contribution in [2.75, 3.05) is 7.11 Å². The Bertz CT molecular complexity index is 788. The first-order chi connectivity index (χ1) is 11.8. The summed E-state index contributed by atoms with van der Waals surface area (Å²) in [7, 11) is 1.61. The molecule has 3 rings (SSSR count). The predicted octanol–water partition coefficient (Wildman–Crippen LogP) is 2.82. The lowest BCUT2D eigenvalue weighted by Gasteiger charge is -2.03. The van der Waals surface area contributed by atoms with Crippen molar-refractivity contribution >= 4 is 11.8 Å². The minimum atomic E-state index is 0.431. The number of hydrogen-bond donors (Lipinski definition) is 0. The van der Waals surface area contributed by atoms with Crippen molar-refractivity contribution in [3.63, 3.8) is 0 Å². The van der Waals surface area contributed by atoms with Gasteiger partial charge in [0.05, 0.1) is 18.4 Å². The van der Waals surface area contributed by atoms with E-state index in [9.17, 15) is 0 Å². The first kappa shape index (κ1) is 16.4. The molecule has 9 heteroatoms. The molecule has 0 spiro atoms. The average molecular weight is 346 g/mol. The van der Waals surface area contributed by atoms with Gasteiger partial charge in [-0.1, -0.05) is 37.2 Å². The second kappa shape index (κ2) is 7.91. The van der Waals surface area contributed by atoms with Crippen LogP contribution in [-0.2, 0) is 12.3 Å². The molecule has 0 aliphatic rings. The van der Waals surface area contributed by atoms with Gasteiger partial charge in [0.2, 0.25) is 0 Å². The Morgan fingerprint density at radius 3 is 2.92 bits per heavy atom. The van der Waals surface area contributed by atoms with Crippen molar-refractivity contribution in [2.45, 2.75) is 37.3 Å². The highest BCUT2D eigenvalue weighted by Crippen LogP contribution is 2.30. The number of benzene rings is 1. The summed E-state index contributed by atoms with van der Waals surface area (Å²) in [6.07, 6.45) is 2.14. The van der Waals surface area contributed by atoms with E-state index >= 15 is 0 Å². The number of methoxy groups -OCH3 is 1. The molecule has 0 fully saturated rings. The summed E-state index contributed by atoms with van der Waals surface area (Å²) >= 11 is 1.41. The van der Waals surface area contributed by atoms with Crippen LogP contribution in [0, 0.1) is 0 Å². The second-order valence-electron chi connectivity index (χ2n) is 5.03. The van der Waals surface area contributed by atoms with Crippen LogP contribution in [0.2, 0.25) is 0 Å². The van der Waals surface area contributed by atoms with E-state index in [1.165, 1.54) is 11.8 Å². The van der Waals surface area contributed by atoms with Gasteiger partial charge in [-0.05, 0) is 29.0 Å². The van der Waals surface area contributed by atoms with Gasteiger partial charge in [0.1, 0.15) is 5.75 Å². The first-order valence-electron chi connectivity index (χ1n) is 7.66. The van der Waals surface area contributed by atoms with Gasteiger partial charge < -0.3 is 9.15 Å². The molecule has 0 radical (unpaired) electrons. The molecule has 2 heterocycles. The quantitative estimate of drug-likeness (QED) is 0.575. The van der Waals surface area contributed by atoms with Gasteiger partial charge in [-0.3, -0.25) is 0 Å². The van der Waals surface area contributed by atoms with Gasteiger partial charge in [-0.15, -0.1) is 15.3 Å². The summed E-state index contributed by atoms with van der Waals surface area (Å²) in [6.45, 7) is 2.95. The van der Waals surface area contributed by atoms with Crippen LogP contribution in [0.25, 0.3) is 11.5 Å². The van der Waals surface area contributed by atoms with Crippen LogP contribution in [-0.4, -0.2) is 37.5 Å². The number of aromatic nitrogens is 6. The van der Waals surface area contributed by atoms with Gasteiger partial charge in [0.25, 0.3) is 11.1 Å². The van der Waals surface area contributed by atoms with E-state index in [1.807, 2.05) is 28.9 Å². The molecule has 0 bridgehead atoms. The van der Waals surface area contributed by atoms with E-state index in [1.54, 1.807) is 7.11 Å². The van der Waals surface area contributed by atoms with Gasteiger partial charge in [0.15, 0.2) is 5.82 Å². The maximum absolute atomic E-state index is 5.71. The average Bonchev–Trinajstić information content (AvgIpc) is 3.27. The molecule has 8 nitrogen and oxygen atoms in total. The maximum Gasteiger partial charge on any atom is 0.277 e. The number of para-hydroxylation sites is 1. The molecule has 0 saturated carbocycles. The molecule has 2 aromatic heterocycles. The monoisotopic (exact) mass is 346 g/mol. The highest BCUT2D eigenvalue weighted by Gasteiger charge is 2.14. The van der Waals surface area contributed by atoms with Crippen LogP contribution in [0.1, 0.15) is 25.6 Å². The zero-order chi connectivity index (χ0) is 16.8. The van der Waals surface area contributed by atoms with Crippen molar-refractivity contribution in [3.8, 4) is 17.2 Å². The molecule has 0 aliphatic carbocycles. The molecular formula is C15H18N6O2S. The van der Waals surface area contributed by atoms with Gasteiger partial charge >= 0.3 is 0 Å². The van der Waals surface area contributed by atoms with Crippen LogP contribution in [0.4, 0.5) is 0 Å². The van der Waals surface area contributed by atoms with E-state index in [4.69, 9.17) is 9.15 Å². The predicted molar refractivity (Wildman–Crippen MR) is 88.6 cm³/mol. The summed E-state index contributed by atoms with van der Waals surface area (Å²) in [5.74, 6) is 2.50. The summed E-state index contributed by atoms with van der Waals surface area (Å²) in [4.78, 5) is 0. The number of hydrogen-bond acceptors (Lipinski definition) is 8. The van der Waals surface area contributed by atoms with Crippen molar-refractivity contribution in [3.05, 3.63) is 30.1 Å². The largest absolute Gasteiger partial charge is 0.496 e. The highest BCUT2D eigenvalue weighted by molar-refractivity contribution is 7.98.